The molecule has 4 heteroatoms. The molecule has 13 heavy (non-hydrogen) atoms. The van der Waals surface area contributed by atoms with Crippen molar-refractivity contribution in [3.8, 4) is 0 Å². The van der Waals surface area contributed by atoms with Gasteiger partial charge in [0.05, 0.1) is 13.2 Å². The zero-order valence-electron chi connectivity index (χ0n) is 7.53. The third-order valence-corrected chi connectivity index (χ3v) is 1.28. The van der Waals surface area contributed by atoms with Crippen molar-refractivity contribution in [2.24, 2.45) is 0 Å². The van der Waals surface area contributed by atoms with Crippen LogP contribution in [-0.4, -0.2) is 36.9 Å². The Balaban J connectivity index is 3.84. The lowest BCUT2D eigenvalue weighted by molar-refractivity contribution is -0.129. The summed E-state index contributed by atoms with van der Waals surface area (Å²) in [6.45, 7) is 7.35. The van der Waals surface area contributed by atoms with Crippen molar-refractivity contribution in [2.45, 2.75) is 6.10 Å². The second kappa shape index (κ2) is 7.52. The summed E-state index contributed by atoms with van der Waals surface area (Å²) in [6.07, 6.45) is 2.27. The van der Waals surface area contributed by atoms with Crippen LogP contribution in [0, 0.1) is 0 Å². The Bertz CT molecular complexity index is 180. The van der Waals surface area contributed by atoms with Gasteiger partial charge >= 0.3 is 0 Å². The number of hydrogen-bond acceptors (Lipinski definition) is 3. The molecular weight excluding hydrogens is 170 g/mol. The first-order valence-electron chi connectivity index (χ1n) is 4.00. The molecule has 1 amide bonds. The number of amides is 1. The number of rotatable bonds is 7. The Morgan fingerprint density at radius 2 is 2.31 bits per heavy atom. The van der Waals surface area contributed by atoms with E-state index in [9.17, 15) is 4.79 Å². The van der Waals surface area contributed by atoms with E-state index in [4.69, 9.17) is 9.84 Å². The molecule has 4 nitrogen and oxygen atoms in total. The molecule has 0 aliphatic rings. The molecule has 0 saturated carbocycles. The predicted octanol–water partition coefficient (Wildman–Crippen LogP) is -0.148. The van der Waals surface area contributed by atoms with Crippen molar-refractivity contribution in [3.05, 3.63) is 25.3 Å². The van der Waals surface area contributed by atoms with Gasteiger partial charge in [0.1, 0.15) is 0 Å². The Morgan fingerprint density at radius 3 is 2.77 bits per heavy atom. The van der Waals surface area contributed by atoms with E-state index in [2.05, 4.69) is 18.5 Å². The molecule has 0 aliphatic heterocycles. The molecule has 2 N–H and O–H groups in total. The third kappa shape index (κ3) is 5.16. The molecule has 0 rings (SSSR count). The molecule has 0 aromatic heterocycles. The van der Waals surface area contributed by atoms with E-state index < -0.39 is 6.10 Å². The summed E-state index contributed by atoms with van der Waals surface area (Å²) in [5.74, 6) is -0.300. The molecule has 0 heterocycles. The first-order valence-corrected chi connectivity index (χ1v) is 4.00. The van der Waals surface area contributed by atoms with Gasteiger partial charge in [0.2, 0.25) is 0 Å². The summed E-state index contributed by atoms with van der Waals surface area (Å²) in [5, 5.41) is 10.9. The minimum atomic E-state index is -0.676. The molecule has 1 unspecified atom stereocenters. The molecule has 0 aromatic carbocycles. The molecule has 1 atom stereocenters. The van der Waals surface area contributed by atoms with Crippen LogP contribution in [0.4, 0.5) is 0 Å². The fraction of sp³-hybridized carbons (Fsp3) is 0.444. The van der Waals surface area contributed by atoms with Gasteiger partial charge in [-0.25, -0.2) is 0 Å². The standard InChI is InChI=1S/C9H15NO3/c1-3-7-13-8(4-2)9(12)10-5-6-11/h3-4,8,11H,1-2,5-7H2,(H,10,12). The van der Waals surface area contributed by atoms with Gasteiger partial charge < -0.3 is 15.2 Å². The number of carbonyl (C=O) groups excluding carboxylic acids is 1. The van der Waals surface area contributed by atoms with Crippen LogP contribution in [0.1, 0.15) is 0 Å². The van der Waals surface area contributed by atoms with Crippen LogP contribution in [0.3, 0.4) is 0 Å². The van der Waals surface area contributed by atoms with Crippen molar-refractivity contribution in [3.63, 3.8) is 0 Å². The van der Waals surface area contributed by atoms with Crippen molar-refractivity contribution < 1.29 is 14.6 Å². The minimum Gasteiger partial charge on any atom is -0.395 e. The average Bonchev–Trinajstić information content (AvgIpc) is 2.16. The summed E-state index contributed by atoms with van der Waals surface area (Å²) >= 11 is 0. The summed E-state index contributed by atoms with van der Waals surface area (Å²) in [6, 6.07) is 0. The second-order valence-electron chi connectivity index (χ2n) is 2.29. The number of nitrogens with one attached hydrogen (secondary N) is 1. The summed E-state index contributed by atoms with van der Waals surface area (Å²) in [7, 11) is 0. The second-order valence-corrected chi connectivity index (χ2v) is 2.29. The molecule has 74 valence electrons. The topological polar surface area (TPSA) is 58.6 Å². The Morgan fingerprint density at radius 1 is 1.62 bits per heavy atom. The Kier molecular flexibility index (Phi) is 6.86. The van der Waals surface area contributed by atoms with Gasteiger partial charge in [-0.3, -0.25) is 4.79 Å². The predicted molar refractivity (Wildman–Crippen MR) is 50.2 cm³/mol. The highest BCUT2D eigenvalue weighted by Crippen LogP contribution is 1.93. The SMILES string of the molecule is C=CCOC(C=C)C(=O)NCCO. The maximum Gasteiger partial charge on any atom is 0.253 e. The van der Waals surface area contributed by atoms with Crippen LogP contribution in [0.15, 0.2) is 25.3 Å². The normalized spacial score (nSPS) is 11.8. The van der Waals surface area contributed by atoms with Gasteiger partial charge in [-0.05, 0) is 0 Å². The van der Waals surface area contributed by atoms with Gasteiger partial charge in [-0.15, -0.1) is 6.58 Å². The molecule has 0 spiro atoms. The first kappa shape index (κ1) is 11.9. The number of carbonyl (C=O) groups is 1. The zero-order chi connectivity index (χ0) is 10.1. The molecule has 0 bridgehead atoms. The van der Waals surface area contributed by atoms with E-state index >= 15 is 0 Å². The minimum absolute atomic E-state index is 0.0862. The molecular formula is C9H15NO3. The summed E-state index contributed by atoms with van der Waals surface area (Å²) < 4.78 is 5.07. The van der Waals surface area contributed by atoms with Crippen molar-refractivity contribution >= 4 is 5.91 Å². The van der Waals surface area contributed by atoms with E-state index in [1.165, 1.54) is 6.08 Å². The van der Waals surface area contributed by atoms with Crippen molar-refractivity contribution in [2.75, 3.05) is 19.8 Å². The van der Waals surface area contributed by atoms with Crippen LogP contribution in [0.5, 0.6) is 0 Å². The highest BCUT2D eigenvalue weighted by Gasteiger charge is 2.13. The number of ether oxygens (including phenoxy) is 1. The summed E-state index contributed by atoms with van der Waals surface area (Å²) in [5.41, 5.74) is 0. The lowest BCUT2D eigenvalue weighted by Crippen LogP contribution is -2.36. The lowest BCUT2D eigenvalue weighted by atomic mass is 10.3. The smallest absolute Gasteiger partial charge is 0.253 e. The molecule has 0 fully saturated rings. The maximum absolute atomic E-state index is 11.2. The van der Waals surface area contributed by atoms with E-state index in [0.29, 0.717) is 6.61 Å². The Hall–Kier alpha value is -1.13. The number of aliphatic hydroxyl groups is 1. The monoisotopic (exact) mass is 185 g/mol. The number of aliphatic hydroxyl groups excluding tert-OH is 1. The third-order valence-electron chi connectivity index (χ3n) is 1.28. The molecule has 0 aliphatic carbocycles. The van der Waals surface area contributed by atoms with Crippen LogP contribution in [0.2, 0.25) is 0 Å². The van der Waals surface area contributed by atoms with E-state index in [-0.39, 0.29) is 19.1 Å². The quantitative estimate of drug-likeness (QED) is 0.542. The molecule has 0 aromatic rings. The summed E-state index contributed by atoms with van der Waals surface area (Å²) in [4.78, 5) is 11.2. The van der Waals surface area contributed by atoms with E-state index in [1.54, 1.807) is 6.08 Å². The lowest BCUT2D eigenvalue weighted by Gasteiger charge is -2.11. The average molecular weight is 185 g/mol. The fourth-order valence-corrected chi connectivity index (χ4v) is 0.702. The van der Waals surface area contributed by atoms with Gasteiger partial charge in [0.15, 0.2) is 6.10 Å². The van der Waals surface area contributed by atoms with Gasteiger partial charge in [-0.2, -0.15) is 0 Å². The highest BCUT2D eigenvalue weighted by molar-refractivity contribution is 5.82. The van der Waals surface area contributed by atoms with Crippen molar-refractivity contribution in [1.29, 1.82) is 0 Å². The first-order chi connectivity index (χ1) is 6.26. The van der Waals surface area contributed by atoms with Gasteiger partial charge in [-0.1, -0.05) is 18.7 Å². The Labute approximate surface area is 77.9 Å². The molecule has 0 saturated heterocycles. The largest absolute Gasteiger partial charge is 0.395 e. The van der Waals surface area contributed by atoms with Crippen LogP contribution in [0.25, 0.3) is 0 Å². The van der Waals surface area contributed by atoms with E-state index in [1.807, 2.05) is 0 Å². The van der Waals surface area contributed by atoms with E-state index in [0.717, 1.165) is 0 Å². The van der Waals surface area contributed by atoms with Crippen LogP contribution >= 0.6 is 0 Å². The van der Waals surface area contributed by atoms with Crippen molar-refractivity contribution in [1.82, 2.24) is 5.32 Å². The highest BCUT2D eigenvalue weighted by atomic mass is 16.5. The van der Waals surface area contributed by atoms with Gasteiger partial charge in [0.25, 0.3) is 5.91 Å². The molecule has 0 radical (unpaired) electrons. The maximum atomic E-state index is 11.2. The van der Waals surface area contributed by atoms with Crippen LogP contribution < -0.4 is 5.32 Å². The van der Waals surface area contributed by atoms with Gasteiger partial charge in [0, 0.05) is 6.54 Å². The number of hydrogen-bond donors (Lipinski definition) is 2. The zero-order valence-corrected chi connectivity index (χ0v) is 7.53. The van der Waals surface area contributed by atoms with Crippen LogP contribution in [-0.2, 0) is 9.53 Å². The fourth-order valence-electron chi connectivity index (χ4n) is 0.702.